The van der Waals surface area contributed by atoms with E-state index >= 15 is 0 Å². The number of quaternary nitrogens is 1. The molecule has 1 aliphatic carbocycles. The van der Waals surface area contributed by atoms with Crippen molar-refractivity contribution in [2.75, 3.05) is 26.2 Å². The molecule has 1 aromatic rings. The van der Waals surface area contributed by atoms with E-state index in [4.69, 9.17) is 4.74 Å². The van der Waals surface area contributed by atoms with Crippen LogP contribution in [0.4, 0.5) is 0 Å². The van der Waals surface area contributed by atoms with E-state index in [1.54, 1.807) is 0 Å². The highest BCUT2D eigenvalue weighted by atomic mass is 16.5. The SMILES string of the molecule is CC1CC[NH+](C[C@H](O)COc2ccc([C@@H]3C=CCC3)cc2)CC1. The molecular weight excluding hydrogens is 286 g/mol. The molecule has 3 heteroatoms. The zero-order chi connectivity index (χ0) is 16.1. The zero-order valence-electron chi connectivity index (χ0n) is 14.2. The Morgan fingerprint density at radius 1 is 1.17 bits per heavy atom. The molecular formula is C20H30NO2+. The maximum Gasteiger partial charge on any atom is 0.137 e. The second kappa shape index (κ2) is 7.98. The molecule has 126 valence electrons. The second-order valence-electron chi connectivity index (χ2n) is 7.28. The van der Waals surface area contributed by atoms with E-state index in [0.29, 0.717) is 12.5 Å². The smallest absolute Gasteiger partial charge is 0.137 e. The number of piperidine rings is 1. The maximum atomic E-state index is 10.2. The highest BCUT2D eigenvalue weighted by Crippen LogP contribution is 2.29. The molecule has 2 atom stereocenters. The standard InChI is InChI=1S/C20H29NO2/c1-16-10-12-21(13-11-16)14-19(22)15-23-20-8-6-18(7-9-20)17-4-2-3-5-17/h2,4,6-9,16-17,19,22H,3,5,10-15H2,1H3/p+1/t17-,19+/m1/s1. The lowest BCUT2D eigenvalue weighted by molar-refractivity contribution is -0.909. The van der Waals surface area contributed by atoms with Crippen LogP contribution in [0.15, 0.2) is 36.4 Å². The summed E-state index contributed by atoms with van der Waals surface area (Å²) in [4.78, 5) is 1.52. The van der Waals surface area contributed by atoms with Crippen LogP contribution in [0.5, 0.6) is 5.75 Å². The van der Waals surface area contributed by atoms with Crippen molar-refractivity contribution < 1.29 is 14.7 Å². The fraction of sp³-hybridized carbons (Fsp3) is 0.600. The average molecular weight is 316 g/mol. The van der Waals surface area contributed by atoms with E-state index < -0.39 is 0 Å². The Balaban J connectivity index is 1.41. The number of benzene rings is 1. The highest BCUT2D eigenvalue weighted by molar-refractivity contribution is 5.32. The molecule has 0 radical (unpaired) electrons. The first-order chi connectivity index (χ1) is 11.2. The monoisotopic (exact) mass is 316 g/mol. The molecule has 0 bridgehead atoms. The maximum absolute atomic E-state index is 10.2. The lowest BCUT2D eigenvalue weighted by Gasteiger charge is -2.28. The molecule has 23 heavy (non-hydrogen) atoms. The van der Waals surface area contributed by atoms with Crippen LogP contribution < -0.4 is 9.64 Å². The van der Waals surface area contributed by atoms with Crippen LogP contribution >= 0.6 is 0 Å². The predicted molar refractivity (Wildman–Crippen MR) is 93.0 cm³/mol. The average Bonchev–Trinajstić information content (AvgIpc) is 3.10. The number of nitrogens with one attached hydrogen (secondary N) is 1. The fourth-order valence-electron chi connectivity index (χ4n) is 3.68. The first kappa shape index (κ1) is 16.5. The quantitative estimate of drug-likeness (QED) is 0.789. The van der Waals surface area contributed by atoms with Crippen LogP contribution in [-0.4, -0.2) is 37.5 Å². The molecule has 0 spiro atoms. The number of ether oxygens (including phenoxy) is 1. The Labute approximate surface area is 140 Å². The lowest BCUT2D eigenvalue weighted by Crippen LogP contribution is -3.14. The Morgan fingerprint density at radius 2 is 1.91 bits per heavy atom. The van der Waals surface area contributed by atoms with Crippen molar-refractivity contribution in [2.24, 2.45) is 5.92 Å². The van der Waals surface area contributed by atoms with Gasteiger partial charge in [-0.2, -0.15) is 0 Å². The Hall–Kier alpha value is -1.32. The van der Waals surface area contributed by atoms with Crippen LogP contribution in [0, 0.1) is 5.92 Å². The van der Waals surface area contributed by atoms with E-state index in [-0.39, 0.29) is 6.10 Å². The molecule has 1 aliphatic heterocycles. The minimum Gasteiger partial charge on any atom is -0.491 e. The number of aliphatic hydroxyl groups excluding tert-OH is 1. The molecule has 0 amide bonds. The molecule has 0 saturated carbocycles. The van der Waals surface area contributed by atoms with Gasteiger partial charge in [0.2, 0.25) is 0 Å². The van der Waals surface area contributed by atoms with Gasteiger partial charge in [-0.25, -0.2) is 0 Å². The predicted octanol–water partition coefficient (Wildman–Crippen LogP) is 2.17. The van der Waals surface area contributed by atoms with Crippen molar-refractivity contribution in [1.82, 2.24) is 0 Å². The first-order valence-electron chi connectivity index (χ1n) is 9.12. The first-order valence-corrected chi connectivity index (χ1v) is 9.12. The van der Waals surface area contributed by atoms with Crippen molar-refractivity contribution in [3.63, 3.8) is 0 Å². The van der Waals surface area contributed by atoms with E-state index in [1.165, 1.54) is 49.2 Å². The molecule has 3 nitrogen and oxygen atoms in total. The Kier molecular flexibility index (Phi) is 5.74. The summed E-state index contributed by atoms with van der Waals surface area (Å²) in [5, 5.41) is 10.2. The third-order valence-corrected chi connectivity index (χ3v) is 5.27. The number of hydrogen-bond acceptors (Lipinski definition) is 2. The molecule has 1 aromatic carbocycles. The van der Waals surface area contributed by atoms with Crippen molar-refractivity contribution in [2.45, 2.75) is 44.6 Å². The van der Waals surface area contributed by atoms with E-state index in [1.807, 2.05) is 12.1 Å². The third-order valence-electron chi connectivity index (χ3n) is 5.27. The summed E-state index contributed by atoms with van der Waals surface area (Å²) in [6.07, 6.45) is 9.13. The number of hydrogen-bond donors (Lipinski definition) is 2. The van der Waals surface area contributed by atoms with Gasteiger partial charge in [-0.1, -0.05) is 31.2 Å². The van der Waals surface area contributed by atoms with Gasteiger partial charge in [-0.15, -0.1) is 0 Å². The fourth-order valence-corrected chi connectivity index (χ4v) is 3.68. The van der Waals surface area contributed by atoms with Crippen LogP contribution in [-0.2, 0) is 0 Å². The van der Waals surface area contributed by atoms with Gasteiger partial charge in [0.15, 0.2) is 0 Å². The van der Waals surface area contributed by atoms with E-state index in [0.717, 1.165) is 18.2 Å². The molecule has 2 N–H and O–H groups in total. The van der Waals surface area contributed by atoms with Crippen LogP contribution in [0.2, 0.25) is 0 Å². The summed E-state index contributed by atoms with van der Waals surface area (Å²) in [5.41, 5.74) is 1.36. The Morgan fingerprint density at radius 3 is 2.57 bits per heavy atom. The normalized spacial score (nSPS) is 28.7. The van der Waals surface area contributed by atoms with Crippen LogP contribution in [0.3, 0.4) is 0 Å². The number of likely N-dealkylation sites (tertiary alicyclic amines) is 1. The highest BCUT2D eigenvalue weighted by Gasteiger charge is 2.21. The minimum atomic E-state index is -0.379. The van der Waals surface area contributed by atoms with Gasteiger partial charge in [0.1, 0.15) is 25.0 Å². The van der Waals surface area contributed by atoms with Gasteiger partial charge < -0.3 is 14.7 Å². The van der Waals surface area contributed by atoms with Gasteiger partial charge >= 0.3 is 0 Å². The van der Waals surface area contributed by atoms with Gasteiger partial charge in [0, 0.05) is 5.92 Å². The minimum absolute atomic E-state index is 0.379. The number of allylic oxidation sites excluding steroid dienone is 2. The molecule has 0 unspecified atom stereocenters. The van der Waals surface area contributed by atoms with Gasteiger partial charge in [0.05, 0.1) is 13.1 Å². The topological polar surface area (TPSA) is 33.9 Å². The largest absolute Gasteiger partial charge is 0.491 e. The molecule has 3 rings (SSSR count). The summed E-state index contributed by atoms with van der Waals surface area (Å²) in [6, 6.07) is 8.37. The molecule has 1 fully saturated rings. The van der Waals surface area contributed by atoms with Crippen molar-refractivity contribution in [3.8, 4) is 5.75 Å². The van der Waals surface area contributed by atoms with Crippen molar-refractivity contribution in [1.29, 1.82) is 0 Å². The summed E-state index contributed by atoms with van der Waals surface area (Å²) in [7, 11) is 0. The van der Waals surface area contributed by atoms with Crippen molar-refractivity contribution >= 4 is 0 Å². The molecule has 1 heterocycles. The molecule has 1 saturated heterocycles. The van der Waals surface area contributed by atoms with Crippen molar-refractivity contribution in [3.05, 3.63) is 42.0 Å². The second-order valence-corrected chi connectivity index (χ2v) is 7.28. The molecule has 0 aromatic heterocycles. The summed E-state index contributed by atoms with van der Waals surface area (Å²) >= 11 is 0. The zero-order valence-corrected chi connectivity index (χ0v) is 14.2. The van der Waals surface area contributed by atoms with E-state index in [9.17, 15) is 5.11 Å². The summed E-state index contributed by atoms with van der Waals surface area (Å²) in [5.74, 6) is 2.28. The van der Waals surface area contributed by atoms with Gasteiger partial charge in [-0.05, 0) is 49.3 Å². The van der Waals surface area contributed by atoms with Gasteiger partial charge in [0.25, 0.3) is 0 Å². The van der Waals surface area contributed by atoms with E-state index in [2.05, 4.69) is 31.2 Å². The van der Waals surface area contributed by atoms with Crippen LogP contribution in [0.25, 0.3) is 0 Å². The lowest BCUT2D eigenvalue weighted by atomic mass is 9.99. The number of aliphatic hydroxyl groups is 1. The summed E-state index contributed by atoms with van der Waals surface area (Å²) in [6.45, 7) is 5.88. The Bertz CT molecular complexity index is 503. The van der Waals surface area contributed by atoms with Gasteiger partial charge in [-0.3, -0.25) is 0 Å². The third kappa shape index (κ3) is 4.82. The summed E-state index contributed by atoms with van der Waals surface area (Å²) < 4.78 is 5.77. The molecule has 2 aliphatic rings. The van der Waals surface area contributed by atoms with Crippen LogP contribution in [0.1, 0.15) is 44.1 Å². The number of rotatable bonds is 6.